The Morgan fingerprint density at radius 2 is 1.77 bits per heavy atom. The summed E-state index contributed by atoms with van der Waals surface area (Å²) in [7, 11) is 0. The normalized spacial score (nSPS) is 42.5. The number of piperidine rings is 2. The van der Waals surface area contributed by atoms with Gasteiger partial charge in [0.2, 0.25) is 0 Å². The fourth-order valence-electron chi connectivity index (χ4n) is 4.33. The summed E-state index contributed by atoms with van der Waals surface area (Å²) in [4.78, 5) is 15.7. The van der Waals surface area contributed by atoms with Crippen molar-refractivity contribution in [2.75, 3.05) is 26.2 Å². The minimum atomic E-state index is -0.156. The highest BCUT2D eigenvalue weighted by atomic mass is 16.3. The van der Waals surface area contributed by atoms with Gasteiger partial charge in [-0.05, 0) is 32.1 Å². The van der Waals surface area contributed by atoms with Gasteiger partial charge >= 0.3 is 0 Å². The zero-order valence-corrected chi connectivity index (χ0v) is 13.2. The van der Waals surface area contributed by atoms with Crippen LogP contribution in [0.4, 0.5) is 0 Å². The second-order valence-corrected chi connectivity index (χ2v) is 7.21. The van der Waals surface area contributed by atoms with Crippen LogP contribution in [0.5, 0.6) is 0 Å². The Hall–Kier alpha value is -0.530. The molecule has 0 aromatic heterocycles. The molecule has 6 nitrogen and oxygen atoms in total. The smallest absolute Gasteiger partial charge is 0.151 e. The average Bonchev–Trinajstić information content (AvgIpc) is 3.03. The predicted molar refractivity (Wildman–Crippen MR) is 83.4 cm³/mol. The lowest BCUT2D eigenvalue weighted by Crippen LogP contribution is -2.47. The molecule has 0 radical (unpaired) electrons. The summed E-state index contributed by atoms with van der Waals surface area (Å²) in [5.41, 5.74) is 5.78. The maximum Gasteiger partial charge on any atom is 0.151 e. The van der Waals surface area contributed by atoms with Gasteiger partial charge in [-0.3, -0.25) is 14.6 Å². The first-order chi connectivity index (χ1) is 10.5. The van der Waals surface area contributed by atoms with Crippen molar-refractivity contribution in [2.24, 2.45) is 5.73 Å². The summed E-state index contributed by atoms with van der Waals surface area (Å²) < 4.78 is 0. The molecule has 0 amide bonds. The minimum absolute atomic E-state index is 0.137. The summed E-state index contributed by atoms with van der Waals surface area (Å²) in [6, 6.07) is 0.880. The van der Waals surface area contributed by atoms with E-state index in [1.807, 2.05) is 0 Å². The number of fused-ring (bicyclic) bond motifs is 2. The first-order valence-electron chi connectivity index (χ1n) is 8.67. The Kier molecular flexibility index (Phi) is 5.14. The van der Waals surface area contributed by atoms with E-state index in [-0.39, 0.29) is 18.2 Å². The van der Waals surface area contributed by atoms with Crippen molar-refractivity contribution >= 4 is 5.78 Å². The van der Waals surface area contributed by atoms with E-state index >= 15 is 0 Å². The third-order valence-corrected chi connectivity index (χ3v) is 5.60. The molecule has 0 spiro atoms. The molecule has 0 aliphatic carbocycles. The van der Waals surface area contributed by atoms with Crippen LogP contribution in [0.2, 0.25) is 0 Å². The van der Waals surface area contributed by atoms with Crippen molar-refractivity contribution in [3.05, 3.63) is 0 Å². The van der Waals surface area contributed by atoms with E-state index in [2.05, 4.69) is 9.80 Å². The van der Waals surface area contributed by atoms with Crippen LogP contribution in [0.15, 0.2) is 0 Å². The summed E-state index contributed by atoms with van der Waals surface area (Å²) in [6.45, 7) is 3.60. The Morgan fingerprint density at radius 3 is 2.59 bits per heavy atom. The lowest BCUT2D eigenvalue weighted by Gasteiger charge is -2.33. The Morgan fingerprint density at radius 1 is 0.955 bits per heavy atom. The quantitative estimate of drug-likeness (QED) is 0.550. The van der Waals surface area contributed by atoms with E-state index in [0.717, 1.165) is 64.7 Å². The molecular formula is C16H29N3O3. The lowest BCUT2D eigenvalue weighted by molar-refractivity contribution is -0.120. The number of nitrogens with zero attached hydrogens (tertiary/aromatic N) is 2. The molecule has 0 aromatic rings. The number of aliphatic hydroxyl groups is 2. The van der Waals surface area contributed by atoms with Gasteiger partial charge in [-0.25, -0.2) is 0 Å². The van der Waals surface area contributed by atoms with Gasteiger partial charge in [-0.1, -0.05) is 0 Å². The number of carbonyl (C=O) groups is 1. The second-order valence-electron chi connectivity index (χ2n) is 7.21. The third-order valence-electron chi connectivity index (χ3n) is 5.60. The van der Waals surface area contributed by atoms with Gasteiger partial charge < -0.3 is 15.9 Å². The largest absolute Gasteiger partial charge is 0.392 e. The monoisotopic (exact) mass is 311 g/mol. The van der Waals surface area contributed by atoms with Gasteiger partial charge in [-0.2, -0.15) is 0 Å². The predicted octanol–water partition coefficient (Wildman–Crippen LogP) is -0.673. The van der Waals surface area contributed by atoms with Crippen LogP contribution in [-0.4, -0.2) is 82.3 Å². The second kappa shape index (κ2) is 6.93. The van der Waals surface area contributed by atoms with Crippen molar-refractivity contribution in [2.45, 2.75) is 68.9 Å². The van der Waals surface area contributed by atoms with Crippen LogP contribution in [0.1, 0.15) is 38.5 Å². The topological polar surface area (TPSA) is 90.0 Å². The molecule has 6 heteroatoms. The van der Waals surface area contributed by atoms with Crippen LogP contribution in [0.25, 0.3) is 0 Å². The molecule has 22 heavy (non-hydrogen) atoms. The molecule has 4 fully saturated rings. The molecule has 4 heterocycles. The van der Waals surface area contributed by atoms with Crippen molar-refractivity contribution in [3.63, 3.8) is 0 Å². The average molecular weight is 311 g/mol. The van der Waals surface area contributed by atoms with E-state index < -0.39 is 0 Å². The molecule has 4 N–H and O–H groups in total. The van der Waals surface area contributed by atoms with E-state index in [1.165, 1.54) is 0 Å². The van der Waals surface area contributed by atoms with Gasteiger partial charge in [0, 0.05) is 44.7 Å². The van der Waals surface area contributed by atoms with Gasteiger partial charge in [-0.15, -0.1) is 0 Å². The van der Waals surface area contributed by atoms with Crippen LogP contribution in [-0.2, 0) is 4.79 Å². The highest BCUT2D eigenvalue weighted by Crippen LogP contribution is 2.27. The van der Waals surface area contributed by atoms with Crippen LogP contribution < -0.4 is 5.73 Å². The van der Waals surface area contributed by atoms with Crippen molar-refractivity contribution < 1.29 is 15.0 Å². The van der Waals surface area contributed by atoms with Crippen LogP contribution in [0, 0.1) is 0 Å². The van der Waals surface area contributed by atoms with E-state index in [0.29, 0.717) is 17.9 Å². The van der Waals surface area contributed by atoms with E-state index in [9.17, 15) is 15.0 Å². The first-order valence-corrected chi connectivity index (χ1v) is 8.67. The lowest BCUT2D eigenvalue weighted by atomic mass is 9.99. The highest BCUT2D eigenvalue weighted by Gasteiger charge is 2.37. The van der Waals surface area contributed by atoms with Gasteiger partial charge in [0.1, 0.15) is 0 Å². The SMILES string of the molecule is NC1CCC2C(=O)CCN2C1.OC1CCC2C(O)CCN2C1. The zero-order valence-electron chi connectivity index (χ0n) is 13.2. The van der Waals surface area contributed by atoms with Crippen LogP contribution in [0.3, 0.4) is 0 Å². The Bertz CT molecular complexity index is 406. The first kappa shape index (κ1) is 16.3. The number of hydrogen-bond acceptors (Lipinski definition) is 6. The number of nitrogens with two attached hydrogens (primary N) is 1. The van der Waals surface area contributed by atoms with Crippen molar-refractivity contribution in [1.29, 1.82) is 0 Å². The minimum Gasteiger partial charge on any atom is -0.392 e. The zero-order chi connectivity index (χ0) is 15.7. The van der Waals surface area contributed by atoms with Gasteiger partial charge in [0.05, 0.1) is 18.2 Å². The third kappa shape index (κ3) is 3.51. The van der Waals surface area contributed by atoms with Crippen molar-refractivity contribution in [1.82, 2.24) is 9.80 Å². The molecule has 5 unspecified atom stereocenters. The molecule has 4 rings (SSSR count). The maximum atomic E-state index is 11.2. The summed E-state index contributed by atoms with van der Waals surface area (Å²) in [5, 5.41) is 18.8. The molecule has 0 saturated carbocycles. The number of rotatable bonds is 0. The van der Waals surface area contributed by atoms with E-state index in [4.69, 9.17) is 5.73 Å². The van der Waals surface area contributed by atoms with Gasteiger partial charge in [0.25, 0.3) is 0 Å². The number of carbonyl (C=O) groups excluding carboxylic acids is 1. The highest BCUT2D eigenvalue weighted by molar-refractivity contribution is 5.86. The number of Topliss-reactive ketones (excluding diaryl/α,β-unsaturated/α-hetero) is 1. The fraction of sp³-hybridized carbons (Fsp3) is 0.938. The standard InChI is InChI=1S/C8H14N2O.C8H15NO2/c9-6-1-2-7-8(11)3-4-10(7)5-6;10-6-1-2-7-8(11)3-4-9(7)5-6/h6-7H,1-5,9H2;6-8,10-11H,1-5H2. The fourth-order valence-corrected chi connectivity index (χ4v) is 4.33. The molecule has 5 atom stereocenters. The summed E-state index contributed by atoms with van der Waals surface area (Å²) >= 11 is 0. The number of aliphatic hydroxyl groups excluding tert-OH is 2. The molecular weight excluding hydrogens is 282 g/mol. The number of ketones is 1. The Balaban J connectivity index is 0.000000131. The number of hydrogen-bond donors (Lipinski definition) is 3. The van der Waals surface area contributed by atoms with E-state index in [1.54, 1.807) is 0 Å². The molecule has 0 aromatic carbocycles. The van der Waals surface area contributed by atoms with Crippen molar-refractivity contribution in [3.8, 4) is 0 Å². The maximum absolute atomic E-state index is 11.2. The summed E-state index contributed by atoms with van der Waals surface area (Å²) in [5.74, 6) is 0.428. The molecule has 4 saturated heterocycles. The molecule has 126 valence electrons. The van der Waals surface area contributed by atoms with Gasteiger partial charge in [0.15, 0.2) is 5.78 Å². The molecule has 4 aliphatic rings. The Labute approximate surface area is 132 Å². The molecule has 0 bridgehead atoms. The summed E-state index contributed by atoms with van der Waals surface area (Å²) in [6.07, 6.45) is 5.17. The molecule has 4 aliphatic heterocycles. The van der Waals surface area contributed by atoms with Crippen LogP contribution >= 0.6 is 0 Å².